The summed E-state index contributed by atoms with van der Waals surface area (Å²) in [5.74, 6) is 0.795. The van der Waals surface area contributed by atoms with Crippen molar-refractivity contribution in [3.05, 3.63) is 36.3 Å². The minimum absolute atomic E-state index is 0.136. The van der Waals surface area contributed by atoms with Gasteiger partial charge in [-0.2, -0.15) is 5.10 Å². The number of H-pyrrole nitrogens is 1. The smallest absolute Gasteiger partial charge is 0.407 e. The van der Waals surface area contributed by atoms with Crippen LogP contribution < -0.4 is 10.6 Å². The number of aryl methyl sites for hydroxylation is 1. The van der Waals surface area contributed by atoms with E-state index in [1.165, 1.54) is 0 Å². The van der Waals surface area contributed by atoms with Crippen LogP contribution in [0.2, 0.25) is 0 Å². The van der Waals surface area contributed by atoms with Gasteiger partial charge in [-0.15, -0.1) is 5.10 Å². The molecule has 0 saturated heterocycles. The molecule has 5 rings (SSSR count). The monoisotopic (exact) mass is 462 g/mol. The zero-order valence-electron chi connectivity index (χ0n) is 19.9. The Morgan fingerprint density at radius 3 is 2.65 bits per heavy atom. The maximum atomic E-state index is 12.0. The van der Waals surface area contributed by atoms with Crippen molar-refractivity contribution in [1.29, 1.82) is 0 Å². The van der Waals surface area contributed by atoms with Crippen molar-refractivity contribution in [3.8, 4) is 11.3 Å². The van der Waals surface area contributed by atoms with Gasteiger partial charge in [-0.3, -0.25) is 5.10 Å². The van der Waals surface area contributed by atoms with E-state index in [1.807, 2.05) is 56.7 Å². The molecule has 0 unspecified atom stereocenters. The summed E-state index contributed by atoms with van der Waals surface area (Å²) in [6.45, 7) is 7.57. The van der Waals surface area contributed by atoms with Crippen molar-refractivity contribution in [2.24, 2.45) is 0 Å². The van der Waals surface area contributed by atoms with Crippen LogP contribution in [0.4, 0.5) is 10.6 Å². The summed E-state index contributed by atoms with van der Waals surface area (Å²) < 4.78 is 7.22. The molecule has 1 saturated carbocycles. The molecule has 4 aromatic rings. The fraction of sp³-hybridized carbons (Fsp3) is 0.458. The van der Waals surface area contributed by atoms with Gasteiger partial charge in [0.15, 0.2) is 11.3 Å². The van der Waals surface area contributed by atoms with Crippen molar-refractivity contribution >= 4 is 28.6 Å². The average Bonchev–Trinajstić information content (AvgIpc) is 3.37. The predicted molar refractivity (Wildman–Crippen MR) is 130 cm³/mol. The van der Waals surface area contributed by atoms with Crippen molar-refractivity contribution in [1.82, 2.24) is 35.1 Å². The Morgan fingerprint density at radius 1 is 1.12 bits per heavy atom. The number of imidazole rings is 1. The predicted octanol–water partition coefficient (Wildman–Crippen LogP) is 4.22. The van der Waals surface area contributed by atoms with Crippen molar-refractivity contribution in [2.45, 2.75) is 71.1 Å². The molecule has 3 N–H and O–H groups in total. The molecule has 178 valence electrons. The van der Waals surface area contributed by atoms with E-state index in [0.29, 0.717) is 6.04 Å². The summed E-state index contributed by atoms with van der Waals surface area (Å²) in [4.78, 5) is 21.0. The molecule has 1 aliphatic rings. The lowest BCUT2D eigenvalue weighted by Crippen LogP contribution is -2.42. The molecule has 0 radical (unpaired) electrons. The number of rotatable bonds is 4. The van der Waals surface area contributed by atoms with Gasteiger partial charge in [0.2, 0.25) is 0 Å². The van der Waals surface area contributed by atoms with Crippen LogP contribution in [0.15, 0.2) is 30.6 Å². The van der Waals surface area contributed by atoms with Gasteiger partial charge in [-0.05, 0) is 71.6 Å². The fourth-order valence-electron chi connectivity index (χ4n) is 4.38. The molecule has 0 aliphatic heterocycles. The maximum absolute atomic E-state index is 12.0. The van der Waals surface area contributed by atoms with Gasteiger partial charge in [0.1, 0.15) is 11.4 Å². The summed E-state index contributed by atoms with van der Waals surface area (Å²) >= 11 is 0. The molecule has 10 heteroatoms. The second kappa shape index (κ2) is 8.58. The topological polar surface area (TPSA) is 122 Å². The number of nitrogens with one attached hydrogen (secondary N) is 3. The lowest BCUT2D eigenvalue weighted by atomic mass is 9.91. The molecule has 1 fully saturated rings. The minimum Gasteiger partial charge on any atom is -0.444 e. The number of fused-ring (bicyclic) bond motifs is 2. The fourth-order valence-corrected chi connectivity index (χ4v) is 4.38. The van der Waals surface area contributed by atoms with E-state index in [2.05, 4.69) is 36.9 Å². The molecule has 0 spiro atoms. The van der Waals surface area contributed by atoms with Crippen molar-refractivity contribution in [3.63, 3.8) is 0 Å². The lowest BCUT2D eigenvalue weighted by Gasteiger charge is -2.30. The summed E-state index contributed by atoms with van der Waals surface area (Å²) in [7, 11) is 0. The lowest BCUT2D eigenvalue weighted by molar-refractivity contribution is 0.0492. The Balaban J connectivity index is 1.26. The second-order valence-corrected chi connectivity index (χ2v) is 9.90. The molecule has 1 aliphatic carbocycles. The summed E-state index contributed by atoms with van der Waals surface area (Å²) in [6, 6.07) is 6.41. The number of carbonyl (C=O) groups is 1. The molecule has 4 heterocycles. The van der Waals surface area contributed by atoms with E-state index in [9.17, 15) is 4.79 Å². The van der Waals surface area contributed by atoms with Gasteiger partial charge in [0, 0.05) is 29.2 Å². The Morgan fingerprint density at radius 2 is 1.88 bits per heavy atom. The quantitative estimate of drug-likeness (QED) is 0.415. The first-order valence-electron chi connectivity index (χ1n) is 11.7. The van der Waals surface area contributed by atoms with Crippen molar-refractivity contribution in [2.75, 3.05) is 5.32 Å². The Labute approximate surface area is 197 Å². The first kappa shape index (κ1) is 22.1. The average molecular weight is 463 g/mol. The number of amides is 1. The molecule has 0 bridgehead atoms. The number of ether oxygens (including phenoxy) is 1. The van der Waals surface area contributed by atoms with Gasteiger partial charge in [-0.1, -0.05) is 0 Å². The number of anilines is 1. The highest BCUT2D eigenvalue weighted by atomic mass is 16.6. The van der Waals surface area contributed by atoms with E-state index in [-0.39, 0.29) is 12.1 Å². The number of pyridine rings is 1. The third-order valence-electron chi connectivity index (χ3n) is 6.07. The molecular weight excluding hydrogens is 432 g/mol. The van der Waals surface area contributed by atoms with Crippen LogP contribution in [-0.4, -0.2) is 53.6 Å². The zero-order valence-corrected chi connectivity index (χ0v) is 19.9. The Hall–Kier alpha value is -3.69. The van der Waals surface area contributed by atoms with E-state index >= 15 is 0 Å². The molecule has 0 atom stereocenters. The maximum Gasteiger partial charge on any atom is 0.407 e. The van der Waals surface area contributed by atoms with Gasteiger partial charge in [0.05, 0.1) is 17.6 Å². The standard InChI is InChI=1S/C24H30N8O2/c1-14-18-11-15(12-26-22(18)30-29-14)19-13-25-21-10-9-20(31-32(19)21)27-16-5-7-17(8-6-16)28-23(33)34-24(2,3)4/h9-13,16-17H,5-8H2,1-4H3,(H,27,31)(H,28,33)(H,26,29,30)/t16-,17-. The molecule has 0 aromatic carbocycles. The highest BCUT2D eigenvalue weighted by Crippen LogP contribution is 2.26. The highest BCUT2D eigenvalue weighted by molar-refractivity contribution is 5.82. The number of hydrogen-bond acceptors (Lipinski definition) is 7. The number of aromatic amines is 1. The zero-order chi connectivity index (χ0) is 23.9. The van der Waals surface area contributed by atoms with Crippen LogP contribution in [0.25, 0.3) is 27.9 Å². The normalized spacial score (nSPS) is 18.8. The third-order valence-corrected chi connectivity index (χ3v) is 6.07. The first-order chi connectivity index (χ1) is 16.2. The molecule has 10 nitrogen and oxygen atoms in total. The Bertz CT molecular complexity index is 1330. The number of hydrogen-bond donors (Lipinski definition) is 3. The number of aromatic nitrogens is 6. The summed E-state index contributed by atoms with van der Waals surface area (Å²) in [5, 5.41) is 19.5. The molecule has 34 heavy (non-hydrogen) atoms. The van der Waals surface area contributed by atoms with Gasteiger partial charge < -0.3 is 15.4 Å². The summed E-state index contributed by atoms with van der Waals surface area (Å²) in [5.41, 5.74) is 3.77. The van der Waals surface area contributed by atoms with Crippen LogP contribution in [0.1, 0.15) is 52.1 Å². The molecular formula is C24H30N8O2. The van der Waals surface area contributed by atoms with E-state index in [1.54, 1.807) is 0 Å². The van der Waals surface area contributed by atoms with Crippen LogP contribution >= 0.6 is 0 Å². The summed E-state index contributed by atoms with van der Waals surface area (Å²) in [6.07, 6.45) is 6.95. The van der Waals surface area contributed by atoms with Crippen molar-refractivity contribution < 1.29 is 9.53 Å². The SMILES string of the molecule is Cc1n[nH]c2ncc(-c3cnc4ccc(N[C@H]5CC[C@H](NC(=O)OC(C)(C)C)CC5)nn34)cc12. The Kier molecular flexibility index (Phi) is 5.59. The van der Waals surface area contributed by atoms with E-state index in [0.717, 1.165) is 65.1 Å². The van der Waals surface area contributed by atoms with E-state index in [4.69, 9.17) is 9.84 Å². The molecule has 4 aromatic heterocycles. The van der Waals surface area contributed by atoms with Crippen LogP contribution in [-0.2, 0) is 4.74 Å². The largest absolute Gasteiger partial charge is 0.444 e. The van der Waals surface area contributed by atoms with Crippen LogP contribution in [0.3, 0.4) is 0 Å². The number of alkyl carbamates (subject to hydrolysis) is 1. The van der Waals surface area contributed by atoms with Crippen LogP contribution in [0.5, 0.6) is 0 Å². The molecule has 1 amide bonds. The van der Waals surface area contributed by atoms with Gasteiger partial charge >= 0.3 is 6.09 Å². The first-order valence-corrected chi connectivity index (χ1v) is 11.7. The third kappa shape index (κ3) is 4.66. The second-order valence-electron chi connectivity index (χ2n) is 9.90. The van der Waals surface area contributed by atoms with Crippen LogP contribution in [0, 0.1) is 6.92 Å². The van der Waals surface area contributed by atoms with E-state index < -0.39 is 5.60 Å². The van der Waals surface area contributed by atoms with Gasteiger partial charge in [0.25, 0.3) is 0 Å². The highest BCUT2D eigenvalue weighted by Gasteiger charge is 2.25. The minimum atomic E-state index is -0.488. The number of nitrogens with zero attached hydrogens (tertiary/aromatic N) is 5. The van der Waals surface area contributed by atoms with Gasteiger partial charge in [-0.25, -0.2) is 19.3 Å². The number of carbonyl (C=O) groups excluding carboxylic acids is 1.